The van der Waals surface area contributed by atoms with Crippen molar-refractivity contribution in [2.24, 2.45) is 5.41 Å². The number of rotatable bonds is 6. The van der Waals surface area contributed by atoms with Gasteiger partial charge in [-0.25, -0.2) is 0 Å². The predicted molar refractivity (Wildman–Crippen MR) is 88.7 cm³/mol. The lowest BCUT2D eigenvalue weighted by molar-refractivity contribution is -0.134. The van der Waals surface area contributed by atoms with E-state index in [4.69, 9.17) is 0 Å². The van der Waals surface area contributed by atoms with Crippen LogP contribution in [0.1, 0.15) is 38.2 Å². The van der Waals surface area contributed by atoms with E-state index in [0.717, 1.165) is 37.8 Å². The smallest absolute Gasteiger partial charge is 0.237 e. The molecule has 1 N–H and O–H groups in total. The standard InChI is InChI=1S/C18H27N3O2/c1-3-18(13-22)10-15-4-5-16(18)21(15)17(23)12-20(2)11-14-6-8-19-9-7-14/h6-9,15-16,22H,3-5,10-13H2,1-2H3/t15-,16+,18-/m0/s1. The molecular formula is C18H27N3O2. The third-order valence-corrected chi connectivity index (χ3v) is 5.77. The van der Waals surface area contributed by atoms with Gasteiger partial charge in [0, 0.05) is 36.4 Å². The Bertz CT molecular complexity index is 544. The summed E-state index contributed by atoms with van der Waals surface area (Å²) in [6.45, 7) is 3.51. The second kappa shape index (κ2) is 6.57. The highest BCUT2D eigenvalue weighted by atomic mass is 16.3. The number of pyridine rings is 1. The van der Waals surface area contributed by atoms with Crippen LogP contribution in [-0.4, -0.2) is 58.1 Å². The number of carbonyl (C=O) groups excluding carboxylic acids is 1. The van der Waals surface area contributed by atoms with Crippen LogP contribution in [0.2, 0.25) is 0 Å². The SMILES string of the molecule is CC[C@@]1(CO)C[C@@H]2CC[C@H]1N2C(=O)CN(C)Cc1ccncc1. The fourth-order valence-electron chi connectivity index (χ4n) is 4.50. The van der Waals surface area contributed by atoms with Crippen molar-refractivity contribution in [2.45, 2.75) is 51.2 Å². The number of aromatic nitrogens is 1. The van der Waals surface area contributed by atoms with Crippen molar-refractivity contribution in [1.82, 2.24) is 14.8 Å². The zero-order chi connectivity index (χ0) is 16.4. The molecule has 3 rings (SSSR count). The van der Waals surface area contributed by atoms with Gasteiger partial charge in [0.25, 0.3) is 0 Å². The third kappa shape index (κ3) is 3.00. The topological polar surface area (TPSA) is 56.7 Å². The minimum Gasteiger partial charge on any atom is -0.396 e. The lowest BCUT2D eigenvalue weighted by Gasteiger charge is -2.35. The van der Waals surface area contributed by atoms with Gasteiger partial charge in [-0.1, -0.05) is 6.92 Å². The number of amides is 1. The van der Waals surface area contributed by atoms with Crippen molar-refractivity contribution in [3.63, 3.8) is 0 Å². The van der Waals surface area contributed by atoms with Crippen LogP contribution in [0, 0.1) is 5.41 Å². The molecule has 23 heavy (non-hydrogen) atoms. The van der Waals surface area contributed by atoms with E-state index in [1.54, 1.807) is 12.4 Å². The monoisotopic (exact) mass is 317 g/mol. The zero-order valence-electron chi connectivity index (χ0n) is 14.1. The van der Waals surface area contributed by atoms with Crippen LogP contribution in [0.3, 0.4) is 0 Å². The molecule has 1 aromatic heterocycles. The Kier molecular flexibility index (Phi) is 4.69. The van der Waals surface area contributed by atoms with E-state index in [1.807, 2.05) is 19.2 Å². The molecule has 2 bridgehead atoms. The summed E-state index contributed by atoms with van der Waals surface area (Å²) in [5.41, 5.74) is 1.10. The van der Waals surface area contributed by atoms with Crippen molar-refractivity contribution in [3.05, 3.63) is 30.1 Å². The number of carbonyl (C=O) groups is 1. The van der Waals surface area contributed by atoms with Gasteiger partial charge in [-0.05, 0) is 50.4 Å². The molecular weight excluding hydrogens is 290 g/mol. The van der Waals surface area contributed by atoms with E-state index in [1.165, 1.54) is 0 Å². The quantitative estimate of drug-likeness (QED) is 0.867. The maximum absolute atomic E-state index is 12.8. The van der Waals surface area contributed by atoms with Gasteiger partial charge in [0.1, 0.15) is 0 Å². The van der Waals surface area contributed by atoms with Crippen molar-refractivity contribution >= 4 is 5.91 Å². The van der Waals surface area contributed by atoms with Crippen LogP contribution in [0.4, 0.5) is 0 Å². The van der Waals surface area contributed by atoms with Gasteiger partial charge in [-0.3, -0.25) is 14.7 Å². The molecule has 2 saturated heterocycles. The lowest BCUT2D eigenvalue weighted by Crippen LogP contribution is -2.45. The average molecular weight is 317 g/mol. The molecule has 0 saturated carbocycles. The Labute approximate surface area is 138 Å². The van der Waals surface area contributed by atoms with Gasteiger partial charge < -0.3 is 10.0 Å². The summed E-state index contributed by atoms with van der Waals surface area (Å²) in [6.07, 6.45) is 7.60. The molecule has 0 unspecified atom stereocenters. The summed E-state index contributed by atoms with van der Waals surface area (Å²) in [5, 5.41) is 9.86. The predicted octanol–water partition coefficient (Wildman–Crippen LogP) is 1.67. The van der Waals surface area contributed by atoms with Gasteiger partial charge in [-0.15, -0.1) is 0 Å². The van der Waals surface area contributed by atoms with E-state index in [-0.39, 0.29) is 24.0 Å². The Morgan fingerprint density at radius 1 is 1.43 bits per heavy atom. The van der Waals surface area contributed by atoms with E-state index in [0.29, 0.717) is 12.6 Å². The number of hydrogen-bond acceptors (Lipinski definition) is 4. The highest BCUT2D eigenvalue weighted by Gasteiger charge is 2.56. The van der Waals surface area contributed by atoms with Gasteiger partial charge in [0.05, 0.1) is 13.2 Å². The number of hydrogen-bond donors (Lipinski definition) is 1. The molecule has 0 aromatic carbocycles. The van der Waals surface area contributed by atoms with Crippen LogP contribution < -0.4 is 0 Å². The molecule has 2 aliphatic rings. The fourth-order valence-corrected chi connectivity index (χ4v) is 4.50. The van der Waals surface area contributed by atoms with Gasteiger partial charge in [0.2, 0.25) is 5.91 Å². The first kappa shape index (κ1) is 16.4. The molecule has 5 nitrogen and oxygen atoms in total. The van der Waals surface area contributed by atoms with E-state index >= 15 is 0 Å². The van der Waals surface area contributed by atoms with Crippen LogP contribution in [0.15, 0.2) is 24.5 Å². The van der Waals surface area contributed by atoms with Crippen LogP contribution in [-0.2, 0) is 11.3 Å². The maximum Gasteiger partial charge on any atom is 0.237 e. The Hall–Kier alpha value is -1.46. The molecule has 3 heterocycles. The fraction of sp³-hybridized carbons (Fsp3) is 0.667. The van der Waals surface area contributed by atoms with Crippen molar-refractivity contribution in [3.8, 4) is 0 Å². The number of aliphatic hydroxyl groups is 1. The molecule has 0 radical (unpaired) electrons. The van der Waals surface area contributed by atoms with E-state index < -0.39 is 0 Å². The van der Waals surface area contributed by atoms with E-state index in [2.05, 4.69) is 21.7 Å². The highest BCUT2D eigenvalue weighted by molar-refractivity contribution is 5.80. The average Bonchev–Trinajstić information content (AvgIpc) is 3.11. The summed E-state index contributed by atoms with van der Waals surface area (Å²) >= 11 is 0. The van der Waals surface area contributed by atoms with Crippen molar-refractivity contribution in [2.75, 3.05) is 20.2 Å². The highest BCUT2D eigenvalue weighted by Crippen LogP contribution is 2.51. The first-order chi connectivity index (χ1) is 11.1. The summed E-state index contributed by atoms with van der Waals surface area (Å²) < 4.78 is 0. The normalized spacial score (nSPS) is 29.5. The second-order valence-electron chi connectivity index (χ2n) is 7.15. The Morgan fingerprint density at radius 3 is 2.78 bits per heavy atom. The van der Waals surface area contributed by atoms with Gasteiger partial charge >= 0.3 is 0 Å². The Morgan fingerprint density at radius 2 is 2.17 bits per heavy atom. The Balaban J connectivity index is 1.63. The molecule has 0 spiro atoms. The van der Waals surface area contributed by atoms with Crippen LogP contribution in [0.5, 0.6) is 0 Å². The largest absolute Gasteiger partial charge is 0.396 e. The molecule has 1 aromatic rings. The first-order valence-electron chi connectivity index (χ1n) is 8.59. The molecule has 0 aliphatic carbocycles. The molecule has 126 valence electrons. The van der Waals surface area contributed by atoms with Gasteiger partial charge in [0.15, 0.2) is 0 Å². The third-order valence-electron chi connectivity index (χ3n) is 5.77. The number of fused-ring (bicyclic) bond motifs is 2. The van der Waals surface area contributed by atoms with E-state index in [9.17, 15) is 9.90 Å². The van der Waals surface area contributed by atoms with Crippen molar-refractivity contribution < 1.29 is 9.90 Å². The number of nitrogens with zero attached hydrogens (tertiary/aromatic N) is 3. The molecule has 1 amide bonds. The molecule has 3 atom stereocenters. The van der Waals surface area contributed by atoms with Gasteiger partial charge in [-0.2, -0.15) is 0 Å². The molecule has 2 fully saturated rings. The zero-order valence-corrected chi connectivity index (χ0v) is 14.1. The second-order valence-corrected chi connectivity index (χ2v) is 7.15. The minimum atomic E-state index is -0.0672. The summed E-state index contributed by atoms with van der Waals surface area (Å²) in [5.74, 6) is 0.206. The molecule has 2 aliphatic heterocycles. The first-order valence-corrected chi connectivity index (χ1v) is 8.59. The summed E-state index contributed by atoms with van der Waals surface area (Å²) in [4.78, 5) is 21.0. The minimum absolute atomic E-state index is 0.0672. The maximum atomic E-state index is 12.8. The summed E-state index contributed by atoms with van der Waals surface area (Å²) in [7, 11) is 1.98. The lowest BCUT2D eigenvalue weighted by atomic mass is 9.72. The van der Waals surface area contributed by atoms with Crippen LogP contribution >= 0.6 is 0 Å². The summed E-state index contributed by atoms with van der Waals surface area (Å²) in [6, 6.07) is 4.52. The number of likely N-dealkylation sites (N-methyl/N-ethyl adjacent to an activating group) is 1. The number of aliphatic hydroxyl groups excluding tert-OH is 1. The van der Waals surface area contributed by atoms with Crippen LogP contribution in [0.25, 0.3) is 0 Å². The molecule has 5 heteroatoms. The van der Waals surface area contributed by atoms with Crippen molar-refractivity contribution in [1.29, 1.82) is 0 Å².